The molecule has 1 heterocycles. The van der Waals surface area contributed by atoms with Crippen LogP contribution in [-0.2, 0) is 13.0 Å². The highest BCUT2D eigenvalue weighted by atomic mass is 15.0. The first-order chi connectivity index (χ1) is 5.88. The molecule has 64 valence electrons. The van der Waals surface area contributed by atoms with E-state index in [-0.39, 0.29) is 0 Å². The Morgan fingerprint density at radius 2 is 2.42 bits per heavy atom. The summed E-state index contributed by atoms with van der Waals surface area (Å²) < 4.78 is 2.07. The summed E-state index contributed by atoms with van der Waals surface area (Å²) in [6.45, 7) is 3.45. The highest BCUT2D eigenvalue weighted by molar-refractivity contribution is 5.08. The summed E-state index contributed by atoms with van der Waals surface area (Å²) in [5.74, 6) is 6.78. The molecule has 0 amide bonds. The Kier molecular flexibility index (Phi) is 3.36. The van der Waals surface area contributed by atoms with E-state index in [1.165, 1.54) is 0 Å². The summed E-state index contributed by atoms with van der Waals surface area (Å²) in [7, 11) is 0. The van der Waals surface area contributed by atoms with Crippen LogP contribution >= 0.6 is 0 Å². The zero-order chi connectivity index (χ0) is 8.81. The van der Waals surface area contributed by atoms with E-state index < -0.39 is 0 Å². The molecule has 0 spiro atoms. The third-order valence-corrected chi connectivity index (χ3v) is 1.62. The van der Waals surface area contributed by atoms with Crippen molar-refractivity contribution >= 4 is 0 Å². The van der Waals surface area contributed by atoms with Gasteiger partial charge in [0, 0.05) is 18.9 Å². The van der Waals surface area contributed by atoms with Gasteiger partial charge in [0.05, 0.1) is 13.0 Å². The number of imidazole rings is 1. The minimum absolute atomic E-state index is 0.423. The van der Waals surface area contributed by atoms with Gasteiger partial charge in [-0.1, -0.05) is 11.8 Å². The summed E-state index contributed by atoms with van der Waals surface area (Å²) in [6.07, 6.45) is 4.44. The minimum Gasteiger partial charge on any atom is -0.334 e. The third kappa shape index (κ3) is 2.11. The molecular formula is C9H13N3. The Bertz CT molecular complexity index is 290. The van der Waals surface area contributed by atoms with Crippen molar-refractivity contribution in [3.63, 3.8) is 0 Å². The van der Waals surface area contributed by atoms with Crippen LogP contribution in [0.5, 0.6) is 0 Å². The predicted molar refractivity (Wildman–Crippen MR) is 48.4 cm³/mol. The number of hydrogen-bond donors (Lipinski definition) is 1. The summed E-state index contributed by atoms with van der Waals surface area (Å²) in [5, 5.41) is 0. The number of nitrogens with two attached hydrogens (primary N) is 1. The molecule has 1 aromatic rings. The Hall–Kier alpha value is -1.27. The molecule has 1 aromatic heterocycles. The van der Waals surface area contributed by atoms with Crippen molar-refractivity contribution in [3.8, 4) is 11.8 Å². The minimum atomic E-state index is 0.423. The third-order valence-electron chi connectivity index (χ3n) is 1.62. The lowest BCUT2D eigenvalue weighted by atomic mass is 10.4. The Morgan fingerprint density at radius 1 is 1.58 bits per heavy atom. The molecular weight excluding hydrogens is 150 g/mol. The van der Waals surface area contributed by atoms with Crippen molar-refractivity contribution in [1.82, 2.24) is 9.55 Å². The number of rotatable bonds is 2. The van der Waals surface area contributed by atoms with Crippen molar-refractivity contribution in [3.05, 3.63) is 18.2 Å². The summed E-state index contributed by atoms with van der Waals surface area (Å²) in [5.41, 5.74) is 5.24. The van der Waals surface area contributed by atoms with E-state index in [0.29, 0.717) is 13.0 Å². The summed E-state index contributed by atoms with van der Waals surface area (Å²) in [4.78, 5) is 4.18. The van der Waals surface area contributed by atoms with Gasteiger partial charge < -0.3 is 10.3 Å². The monoisotopic (exact) mass is 163 g/mol. The van der Waals surface area contributed by atoms with Gasteiger partial charge in [-0.05, 0) is 6.92 Å². The van der Waals surface area contributed by atoms with Gasteiger partial charge in [-0.25, -0.2) is 4.98 Å². The molecule has 2 N–H and O–H groups in total. The molecule has 0 aromatic carbocycles. The molecule has 1 rings (SSSR count). The lowest BCUT2D eigenvalue weighted by Gasteiger charge is -1.99. The van der Waals surface area contributed by atoms with Crippen LogP contribution < -0.4 is 5.73 Å². The molecule has 0 radical (unpaired) electrons. The fraction of sp³-hybridized carbons (Fsp3) is 0.444. The van der Waals surface area contributed by atoms with E-state index >= 15 is 0 Å². The zero-order valence-corrected chi connectivity index (χ0v) is 7.25. The van der Waals surface area contributed by atoms with E-state index in [9.17, 15) is 0 Å². The second-order valence-corrected chi connectivity index (χ2v) is 2.36. The molecule has 0 atom stereocenters. The van der Waals surface area contributed by atoms with Gasteiger partial charge in [0.1, 0.15) is 5.82 Å². The van der Waals surface area contributed by atoms with Crippen molar-refractivity contribution in [1.29, 1.82) is 0 Å². The molecule has 0 unspecified atom stereocenters. The van der Waals surface area contributed by atoms with Gasteiger partial charge in [0.2, 0.25) is 0 Å². The Labute approximate surface area is 72.6 Å². The topological polar surface area (TPSA) is 43.8 Å². The first kappa shape index (κ1) is 8.82. The van der Waals surface area contributed by atoms with Crippen LogP contribution in [0.15, 0.2) is 12.4 Å². The quantitative estimate of drug-likeness (QED) is 0.642. The summed E-state index contributed by atoms with van der Waals surface area (Å²) in [6, 6.07) is 0. The molecule has 0 saturated carbocycles. The molecule has 0 aliphatic rings. The number of nitrogens with zero attached hydrogens (tertiary/aromatic N) is 2. The normalized spacial score (nSPS) is 9.17. The average molecular weight is 163 g/mol. The molecule has 3 nitrogen and oxygen atoms in total. The number of aryl methyl sites for hydroxylation is 1. The van der Waals surface area contributed by atoms with Gasteiger partial charge in [-0.2, -0.15) is 0 Å². The smallest absolute Gasteiger partial charge is 0.120 e. The molecule has 12 heavy (non-hydrogen) atoms. The largest absolute Gasteiger partial charge is 0.334 e. The number of aromatic nitrogens is 2. The second-order valence-electron chi connectivity index (χ2n) is 2.36. The van der Waals surface area contributed by atoms with E-state index in [1.807, 2.05) is 6.20 Å². The fourth-order valence-electron chi connectivity index (χ4n) is 1.01. The van der Waals surface area contributed by atoms with Gasteiger partial charge in [0.15, 0.2) is 0 Å². The summed E-state index contributed by atoms with van der Waals surface area (Å²) >= 11 is 0. The van der Waals surface area contributed by atoms with Gasteiger partial charge >= 0.3 is 0 Å². The van der Waals surface area contributed by atoms with Gasteiger partial charge in [-0.15, -0.1) is 0 Å². The van der Waals surface area contributed by atoms with Crippen LogP contribution in [0.3, 0.4) is 0 Å². The Morgan fingerprint density at radius 3 is 3.08 bits per heavy atom. The maximum atomic E-state index is 5.24. The SMILES string of the molecule is CCn1ccnc1CC#CCN. The molecule has 0 saturated heterocycles. The first-order valence-corrected chi connectivity index (χ1v) is 4.04. The van der Waals surface area contributed by atoms with Crippen LogP contribution in [0.2, 0.25) is 0 Å². The standard InChI is InChI=1S/C9H13N3/c1-2-12-8-7-11-9(12)5-3-4-6-10/h7-8H,2,5-6,10H2,1H3. The second kappa shape index (κ2) is 4.58. The van der Waals surface area contributed by atoms with Gasteiger partial charge in [-0.3, -0.25) is 0 Å². The lowest BCUT2D eigenvalue weighted by Crippen LogP contribution is -2.00. The van der Waals surface area contributed by atoms with Crippen LogP contribution in [0.25, 0.3) is 0 Å². The van der Waals surface area contributed by atoms with Crippen molar-refractivity contribution < 1.29 is 0 Å². The van der Waals surface area contributed by atoms with Crippen molar-refractivity contribution in [2.75, 3.05) is 6.54 Å². The van der Waals surface area contributed by atoms with E-state index in [0.717, 1.165) is 12.4 Å². The van der Waals surface area contributed by atoms with Crippen LogP contribution in [-0.4, -0.2) is 16.1 Å². The number of hydrogen-bond acceptors (Lipinski definition) is 2. The van der Waals surface area contributed by atoms with Crippen LogP contribution in [0, 0.1) is 11.8 Å². The molecule has 3 heteroatoms. The molecule has 0 bridgehead atoms. The first-order valence-electron chi connectivity index (χ1n) is 4.04. The van der Waals surface area contributed by atoms with E-state index in [2.05, 4.69) is 28.3 Å². The van der Waals surface area contributed by atoms with E-state index in [4.69, 9.17) is 5.73 Å². The predicted octanol–water partition coefficient (Wildman–Crippen LogP) is 0.408. The van der Waals surface area contributed by atoms with E-state index in [1.54, 1.807) is 6.20 Å². The van der Waals surface area contributed by atoms with Crippen molar-refractivity contribution in [2.24, 2.45) is 5.73 Å². The molecule has 0 aliphatic heterocycles. The average Bonchev–Trinajstić information content (AvgIpc) is 2.52. The van der Waals surface area contributed by atoms with Crippen molar-refractivity contribution in [2.45, 2.75) is 19.9 Å². The highest BCUT2D eigenvalue weighted by Crippen LogP contribution is 1.96. The maximum Gasteiger partial charge on any atom is 0.120 e. The van der Waals surface area contributed by atoms with Crippen LogP contribution in [0.4, 0.5) is 0 Å². The lowest BCUT2D eigenvalue weighted by molar-refractivity contribution is 0.719. The van der Waals surface area contributed by atoms with Gasteiger partial charge in [0.25, 0.3) is 0 Å². The maximum absolute atomic E-state index is 5.24. The fourth-order valence-corrected chi connectivity index (χ4v) is 1.01. The van der Waals surface area contributed by atoms with Crippen LogP contribution in [0.1, 0.15) is 12.7 Å². The molecule has 0 fully saturated rings. The zero-order valence-electron chi connectivity index (χ0n) is 7.25. The highest BCUT2D eigenvalue weighted by Gasteiger charge is 1.96. The molecule has 0 aliphatic carbocycles. The Balaban J connectivity index is 2.62.